The molecule has 0 unspecified atom stereocenters. The second kappa shape index (κ2) is 9.29. The number of benzene rings is 4. The molecular formula is C30H22N4O3. The van der Waals surface area contributed by atoms with E-state index >= 15 is 0 Å². The maximum Gasteiger partial charge on any atom is 0.285 e. The molecule has 0 saturated carbocycles. The minimum absolute atomic E-state index is 0.146. The monoisotopic (exact) mass is 486 g/mol. The molecule has 1 aliphatic heterocycles. The number of rotatable bonds is 7. The third-order valence-corrected chi connectivity index (χ3v) is 6.54. The summed E-state index contributed by atoms with van der Waals surface area (Å²) in [6.45, 7) is -0.146. The second-order valence-electron chi connectivity index (χ2n) is 8.64. The fourth-order valence-corrected chi connectivity index (χ4v) is 4.87. The lowest BCUT2D eigenvalue weighted by Crippen LogP contribution is -2.38. The van der Waals surface area contributed by atoms with Crippen LogP contribution in [0.15, 0.2) is 122 Å². The molecule has 0 fully saturated rings. The summed E-state index contributed by atoms with van der Waals surface area (Å²) >= 11 is 0. The van der Waals surface area contributed by atoms with E-state index in [4.69, 9.17) is 9.94 Å². The van der Waals surface area contributed by atoms with E-state index in [1.54, 1.807) is 30.6 Å². The predicted molar refractivity (Wildman–Crippen MR) is 136 cm³/mol. The normalized spacial score (nSPS) is 13.1. The highest BCUT2D eigenvalue weighted by Gasteiger charge is 2.40. The van der Waals surface area contributed by atoms with Crippen molar-refractivity contribution in [2.45, 2.75) is 12.1 Å². The van der Waals surface area contributed by atoms with Crippen LogP contribution in [0, 0.1) is 0 Å². The van der Waals surface area contributed by atoms with Crippen LogP contribution in [0.1, 0.15) is 43.2 Å². The quantitative estimate of drug-likeness (QED) is 0.243. The van der Waals surface area contributed by atoms with E-state index in [2.05, 4.69) is 41.4 Å². The average Bonchev–Trinajstić information content (AvgIpc) is 3.53. The van der Waals surface area contributed by atoms with Crippen molar-refractivity contribution in [1.82, 2.24) is 19.8 Å². The first-order chi connectivity index (χ1) is 18.2. The van der Waals surface area contributed by atoms with Crippen molar-refractivity contribution in [3.05, 3.63) is 155 Å². The number of hydroxylamine groups is 2. The predicted octanol–water partition coefficient (Wildman–Crippen LogP) is 4.85. The molecule has 2 heterocycles. The van der Waals surface area contributed by atoms with Gasteiger partial charge in [-0.1, -0.05) is 103 Å². The number of hydrogen-bond acceptors (Lipinski definition) is 5. The standard InChI is InChI=1S/C30H22N4O3/c35-28-25-18-10-11-19-26(25)29(36)34(28)37-20-27-31-21-33(32-27)30(22-12-4-1-5-13-22,23-14-6-2-7-15-23)24-16-8-3-9-17-24/h1-19,21H,20H2. The van der Waals surface area contributed by atoms with E-state index in [1.807, 2.05) is 59.3 Å². The first kappa shape index (κ1) is 22.6. The summed E-state index contributed by atoms with van der Waals surface area (Å²) in [7, 11) is 0. The highest BCUT2D eigenvalue weighted by molar-refractivity contribution is 6.20. The molecule has 1 aliphatic rings. The van der Waals surface area contributed by atoms with Crippen LogP contribution in [0.4, 0.5) is 0 Å². The van der Waals surface area contributed by atoms with E-state index in [0.717, 1.165) is 21.8 Å². The van der Waals surface area contributed by atoms with Crippen molar-refractivity contribution in [2.24, 2.45) is 0 Å². The molecule has 4 aromatic carbocycles. The summed E-state index contributed by atoms with van der Waals surface area (Å²) in [4.78, 5) is 35.5. The Morgan fingerprint density at radius 2 is 1.05 bits per heavy atom. The molecule has 0 bridgehead atoms. The van der Waals surface area contributed by atoms with Gasteiger partial charge in [-0.25, -0.2) is 9.67 Å². The van der Waals surface area contributed by atoms with Crippen molar-refractivity contribution in [1.29, 1.82) is 0 Å². The molecule has 0 aliphatic carbocycles. The Balaban J connectivity index is 1.40. The molecule has 0 radical (unpaired) electrons. The number of imide groups is 1. The number of nitrogens with zero attached hydrogens (tertiary/aromatic N) is 4. The van der Waals surface area contributed by atoms with Crippen molar-refractivity contribution in [2.75, 3.05) is 0 Å². The van der Waals surface area contributed by atoms with E-state index in [9.17, 15) is 9.59 Å². The Morgan fingerprint density at radius 3 is 1.51 bits per heavy atom. The zero-order valence-corrected chi connectivity index (χ0v) is 19.8. The van der Waals surface area contributed by atoms with Crippen molar-refractivity contribution < 1.29 is 14.4 Å². The van der Waals surface area contributed by atoms with E-state index in [-0.39, 0.29) is 6.61 Å². The van der Waals surface area contributed by atoms with Gasteiger partial charge in [0.15, 0.2) is 5.82 Å². The minimum atomic E-state index is -0.815. The van der Waals surface area contributed by atoms with Crippen molar-refractivity contribution >= 4 is 11.8 Å². The highest BCUT2D eigenvalue weighted by atomic mass is 16.7. The van der Waals surface area contributed by atoms with Gasteiger partial charge in [0, 0.05) is 0 Å². The van der Waals surface area contributed by atoms with Gasteiger partial charge in [-0.2, -0.15) is 5.10 Å². The smallest absolute Gasteiger partial charge is 0.266 e. The Bertz CT molecular complexity index is 1430. The summed E-state index contributed by atoms with van der Waals surface area (Å²) in [6.07, 6.45) is 1.66. The molecule has 37 heavy (non-hydrogen) atoms. The summed E-state index contributed by atoms with van der Waals surface area (Å²) in [5, 5.41) is 5.59. The zero-order valence-electron chi connectivity index (χ0n) is 19.8. The first-order valence-electron chi connectivity index (χ1n) is 11.9. The maximum absolute atomic E-state index is 12.7. The number of fused-ring (bicyclic) bond motifs is 1. The lowest BCUT2D eigenvalue weighted by atomic mass is 9.77. The molecule has 7 heteroatoms. The molecule has 0 spiro atoms. The number of aromatic nitrogens is 3. The molecule has 1 aromatic heterocycles. The van der Waals surface area contributed by atoms with Crippen LogP contribution in [0.2, 0.25) is 0 Å². The maximum atomic E-state index is 12.7. The van der Waals surface area contributed by atoms with Gasteiger partial charge >= 0.3 is 0 Å². The van der Waals surface area contributed by atoms with E-state index in [0.29, 0.717) is 17.0 Å². The highest BCUT2D eigenvalue weighted by Crippen LogP contribution is 2.40. The summed E-state index contributed by atoms with van der Waals surface area (Å²) < 4.78 is 1.81. The fourth-order valence-electron chi connectivity index (χ4n) is 4.87. The van der Waals surface area contributed by atoms with Gasteiger partial charge in [0.25, 0.3) is 11.8 Å². The van der Waals surface area contributed by atoms with Gasteiger partial charge in [-0.15, -0.1) is 5.06 Å². The van der Waals surface area contributed by atoms with Crippen LogP contribution in [0.5, 0.6) is 0 Å². The largest absolute Gasteiger partial charge is 0.285 e. The lowest BCUT2D eigenvalue weighted by Gasteiger charge is -2.35. The van der Waals surface area contributed by atoms with Crippen molar-refractivity contribution in [3.8, 4) is 0 Å². The number of amides is 2. The summed E-state index contributed by atoms with van der Waals surface area (Å²) in [5.41, 5.74) is 2.84. The molecular weight excluding hydrogens is 464 g/mol. The number of carbonyl (C=O) groups excluding carboxylic acids is 2. The van der Waals surface area contributed by atoms with Crippen molar-refractivity contribution in [3.63, 3.8) is 0 Å². The Kier molecular flexibility index (Phi) is 5.67. The van der Waals surface area contributed by atoms with Crippen LogP contribution in [0.25, 0.3) is 0 Å². The van der Waals surface area contributed by atoms with Gasteiger partial charge < -0.3 is 0 Å². The second-order valence-corrected chi connectivity index (χ2v) is 8.64. The molecule has 6 rings (SSSR count). The van der Waals surface area contributed by atoms with Gasteiger partial charge in [0.05, 0.1) is 11.1 Å². The molecule has 0 atom stereocenters. The molecule has 2 amide bonds. The molecule has 0 N–H and O–H groups in total. The SMILES string of the molecule is O=C1c2ccccc2C(=O)N1OCc1ncn(C(c2ccccc2)(c2ccccc2)c2ccccc2)n1. The lowest BCUT2D eigenvalue weighted by molar-refractivity contribution is -0.103. The minimum Gasteiger partial charge on any atom is -0.266 e. The van der Waals surface area contributed by atoms with Gasteiger partial charge in [0.1, 0.15) is 18.5 Å². The van der Waals surface area contributed by atoms with E-state index in [1.165, 1.54) is 0 Å². The first-order valence-corrected chi connectivity index (χ1v) is 11.9. The van der Waals surface area contributed by atoms with Crippen LogP contribution in [0.3, 0.4) is 0 Å². The number of carbonyl (C=O) groups is 2. The average molecular weight is 487 g/mol. The molecule has 7 nitrogen and oxygen atoms in total. The van der Waals surface area contributed by atoms with E-state index < -0.39 is 17.4 Å². The number of hydrogen-bond donors (Lipinski definition) is 0. The van der Waals surface area contributed by atoms with Crippen LogP contribution in [-0.2, 0) is 17.0 Å². The topological polar surface area (TPSA) is 77.3 Å². The summed E-state index contributed by atoms with van der Waals surface area (Å²) in [6, 6.07) is 37.0. The summed E-state index contributed by atoms with van der Waals surface area (Å²) in [5.74, 6) is -0.650. The van der Waals surface area contributed by atoms with Gasteiger partial charge in [-0.05, 0) is 28.8 Å². The Hall–Kier alpha value is -4.88. The zero-order chi connectivity index (χ0) is 25.2. The van der Waals surface area contributed by atoms with Crippen LogP contribution < -0.4 is 0 Å². The third kappa shape index (κ3) is 3.73. The van der Waals surface area contributed by atoms with Gasteiger partial charge in [0.2, 0.25) is 0 Å². The fraction of sp³-hybridized carbons (Fsp3) is 0.0667. The third-order valence-electron chi connectivity index (χ3n) is 6.54. The van der Waals surface area contributed by atoms with Crippen LogP contribution >= 0.6 is 0 Å². The molecule has 5 aromatic rings. The molecule has 180 valence electrons. The Morgan fingerprint density at radius 1 is 0.622 bits per heavy atom. The molecule has 0 saturated heterocycles. The van der Waals surface area contributed by atoms with Gasteiger partial charge in [-0.3, -0.25) is 14.4 Å². The Labute approximate surface area is 213 Å². The van der Waals surface area contributed by atoms with Crippen LogP contribution in [-0.4, -0.2) is 31.6 Å².